The number of aromatic amines is 1. The number of thiol groups is 1. The van der Waals surface area contributed by atoms with Crippen molar-refractivity contribution in [3.8, 4) is 6.01 Å². The minimum Gasteiger partial charge on any atom is -0.465 e. The molecule has 1 atom stereocenters. The summed E-state index contributed by atoms with van der Waals surface area (Å²) in [5, 5.41) is 1.86. The van der Waals surface area contributed by atoms with Crippen LogP contribution in [0.2, 0.25) is 0 Å². The molecule has 0 saturated carbocycles. The quantitative estimate of drug-likeness (QED) is 0.669. The van der Waals surface area contributed by atoms with E-state index >= 15 is 0 Å². The molecule has 0 aliphatic heterocycles. The highest BCUT2D eigenvalue weighted by Gasteiger charge is 2.37. The highest BCUT2D eigenvalue weighted by atomic mass is 32.1. The lowest BCUT2D eigenvalue weighted by Gasteiger charge is -2.13. The van der Waals surface area contributed by atoms with Crippen molar-refractivity contribution in [2.45, 2.75) is 45.2 Å². The first kappa shape index (κ1) is 18.7. The topological polar surface area (TPSA) is 67.0 Å². The maximum atomic E-state index is 12.9. The van der Waals surface area contributed by atoms with Gasteiger partial charge >= 0.3 is 6.18 Å². The Morgan fingerprint density at radius 2 is 2.09 bits per heavy atom. The number of hydrogen-bond donors (Lipinski definition) is 3. The first-order chi connectivity index (χ1) is 10.1. The summed E-state index contributed by atoms with van der Waals surface area (Å²) >= 11 is 4.15. The zero-order valence-corrected chi connectivity index (χ0v) is 13.5. The number of carbonyl (C=O) groups excluding carboxylic acids is 1. The van der Waals surface area contributed by atoms with Crippen molar-refractivity contribution >= 4 is 18.5 Å². The Hall–Kier alpha value is -1.38. The molecule has 9 heteroatoms. The molecule has 22 heavy (non-hydrogen) atoms. The summed E-state index contributed by atoms with van der Waals surface area (Å²) in [5.74, 6) is -0.159. The predicted octanol–water partition coefficient (Wildman–Crippen LogP) is 2.79. The average Bonchev–Trinajstić information content (AvgIpc) is 2.78. The van der Waals surface area contributed by atoms with Gasteiger partial charge in [0, 0.05) is 0 Å². The van der Waals surface area contributed by atoms with Crippen molar-refractivity contribution < 1.29 is 22.7 Å². The number of ether oxygens (including phenoxy) is 1. The van der Waals surface area contributed by atoms with Gasteiger partial charge in [0.1, 0.15) is 0 Å². The molecule has 1 aromatic rings. The van der Waals surface area contributed by atoms with Gasteiger partial charge < -0.3 is 15.0 Å². The smallest absolute Gasteiger partial charge is 0.435 e. The Kier molecular flexibility index (Phi) is 6.58. The molecule has 1 heterocycles. The van der Waals surface area contributed by atoms with E-state index in [9.17, 15) is 18.0 Å². The first-order valence-corrected chi connectivity index (χ1v) is 7.41. The fourth-order valence-corrected chi connectivity index (χ4v) is 2.31. The molecule has 0 aromatic carbocycles. The summed E-state index contributed by atoms with van der Waals surface area (Å²) in [7, 11) is 0. The second-order valence-corrected chi connectivity index (χ2v) is 5.79. The van der Waals surface area contributed by atoms with E-state index in [0.29, 0.717) is 6.42 Å². The van der Waals surface area contributed by atoms with E-state index < -0.39 is 23.0 Å². The van der Waals surface area contributed by atoms with Crippen LogP contribution in [0, 0.1) is 5.92 Å². The van der Waals surface area contributed by atoms with Crippen molar-refractivity contribution in [3.63, 3.8) is 0 Å². The number of imidazole rings is 1. The van der Waals surface area contributed by atoms with Gasteiger partial charge in [-0.15, -0.1) is 0 Å². The second kappa shape index (κ2) is 7.75. The number of hydrogen-bond acceptors (Lipinski definition) is 4. The number of halogens is 3. The summed E-state index contributed by atoms with van der Waals surface area (Å²) in [6, 6.07) is -0.219. The fourth-order valence-electron chi connectivity index (χ4n) is 1.80. The maximum absolute atomic E-state index is 12.9. The zero-order chi connectivity index (χ0) is 16.9. The van der Waals surface area contributed by atoms with Gasteiger partial charge in [-0.25, -0.2) is 0 Å². The summed E-state index contributed by atoms with van der Waals surface area (Å²) in [6.07, 6.45) is -4.08. The van der Waals surface area contributed by atoms with E-state index in [1.807, 2.05) is 13.8 Å². The number of H-pyrrole nitrogens is 1. The lowest BCUT2D eigenvalue weighted by Crippen LogP contribution is -2.32. The molecule has 0 fully saturated rings. The van der Waals surface area contributed by atoms with Crippen LogP contribution in [0.4, 0.5) is 13.2 Å². The van der Waals surface area contributed by atoms with E-state index in [-0.39, 0.29) is 30.8 Å². The molecular weight excluding hydrogens is 319 g/mol. The van der Waals surface area contributed by atoms with E-state index in [2.05, 4.69) is 27.9 Å². The molecule has 126 valence electrons. The molecule has 1 aromatic heterocycles. The molecule has 1 amide bonds. The summed E-state index contributed by atoms with van der Waals surface area (Å²) < 4.78 is 43.6. The second-order valence-electron chi connectivity index (χ2n) is 5.16. The third-order valence-electron chi connectivity index (χ3n) is 2.74. The van der Waals surface area contributed by atoms with Crippen LogP contribution < -0.4 is 10.1 Å². The molecule has 0 aliphatic rings. The molecule has 0 saturated heterocycles. The largest absolute Gasteiger partial charge is 0.465 e. The number of alkyl halides is 3. The van der Waals surface area contributed by atoms with Crippen molar-refractivity contribution in [3.05, 3.63) is 11.4 Å². The molecule has 0 spiro atoms. The van der Waals surface area contributed by atoms with Crippen LogP contribution in [-0.2, 0) is 17.5 Å². The van der Waals surface area contributed by atoms with Gasteiger partial charge in [0.15, 0.2) is 5.69 Å². The number of nitrogens with one attached hydrogen (secondary N) is 2. The molecule has 0 radical (unpaired) electrons. The number of carbonyl (C=O) groups is 1. The van der Waals surface area contributed by atoms with Crippen LogP contribution >= 0.6 is 12.6 Å². The van der Waals surface area contributed by atoms with E-state index in [1.165, 1.54) is 0 Å². The number of rotatable bonds is 7. The minimum absolute atomic E-state index is 0.184. The number of nitrogens with zero attached hydrogens (tertiary/aromatic N) is 1. The van der Waals surface area contributed by atoms with Gasteiger partial charge in [-0.1, -0.05) is 13.8 Å². The SMILES string of the molecule is CCOc1nc(C(F)(F)F)c(CNC(=O)[C@@H](S)CC(C)C)[nH]1. The van der Waals surface area contributed by atoms with Gasteiger partial charge in [0.25, 0.3) is 6.01 Å². The normalized spacial score (nSPS) is 13.3. The maximum Gasteiger partial charge on any atom is 0.435 e. The van der Waals surface area contributed by atoms with E-state index in [1.54, 1.807) is 6.92 Å². The summed E-state index contributed by atoms with van der Waals surface area (Å²) in [6.45, 7) is 5.37. The zero-order valence-electron chi connectivity index (χ0n) is 12.6. The molecule has 0 aliphatic carbocycles. The van der Waals surface area contributed by atoms with Gasteiger partial charge in [0.2, 0.25) is 5.91 Å². The standard InChI is InChI=1S/C13H20F3N3O2S/c1-4-21-12-18-8(10(19-12)13(14,15)16)6-17-11(20)9(22)5-7(2)3/h7,9,22H,4-6H2,1-3H3,(H,17,20)(H,18,19)/t9-/m0/s1. The average molecular weight is 339 g/mol. The minimum atomic E-state index is -4.62. The lowest BCUT2D eigenvalue weighted by atomic mass is 10.1. The number of aromatic nitrogens is 2. The van der Waals surface area contributed by atoms with Crippen LogP contribution in [0.3, 0.4) is 0 Å². The Balaban J connectivity index is 2.78. The van der Waals surface area contributed by atoms with Crippen molar-refractivity contribution in [2.75, 3.05) is 6.61 Å². The van der Waals surface area contributed by atoms with E-state index in [0.717, 1.165) is 0 Å². The van der Waals surface area contributed by atoms with Crippen molar-refractivity contribution in [2.24, 2.45) is 5.92 Å². The molecule has 1 rings (SSSR count). The van der Waals surface area contributed by atoms with Gasteiger partial charge in [-0.05, 0) is 19.3 Å². The molecule has 5 nitrogen and oxygen atoms in total. The fraction of sp³-hybridized carbons (Fsp3) is 0.692. The monoisotopic (exact) mass is 339 g/mol. The van der Waals surface area contributed by atoms with Gasteiger partial charge in [-0.3, -0.25) is 4.79 Å². The van der Waals surface area contributed by atoms with Crippen molar-refractivity contribution in [1.29, 1.82) is 0 Å². The Labute approximate surface area is 132 Å². The molecular formula is C13H20F3N3O2S. The Bertz CT molecular complexity index is 503. The molecule has 0 unspecified atom stereocenters. The molecule has 2 N–H and O–H groups in total. The highest BCUT2D eigenvalue weighted by Crippen LogP contribution is 2.31. The van der Waals surface area contributed by atoms with Crippen LogP contribution in [0.5, 0.6) is 6.01 Å². The van der Waals surface area contributed by atoms with Crippen molar-refractivity contribution in [1.82, 2.24) is 15.3 Å². The summed E-state index contributed by atoms with van der Waals surface area (Å²) in [5.41, 5.74) is -1.33. The Morgan fingerprint density at radius 1 is 1.45 bits per heavy atom. The molecule has 0 bridgehead atoms. The highest BCUT2D eigenvalue weighted by molar-refractivity contribution is 7.81. The van der Waals surface area contributed by atoms with Gasteiger partial charge in [0.05, 0.1) is 24.1 Å². The van der Waals surface area contributed by atoms with Crippen LogP contribution in [0.25, 0.3) is 0 Å². The third-order valence-corrected chi connectivity index (χ3v) is 3.19. The van der Waals surface area contributed by atoms with Crippen LogP contribution in [0.1, 0.15) is 38.6 Å². The summed E-state index contributed by atoms with van der Waals surface area (Å²) in [4.78, 5) is 17.6. The van der Waals surface area contributed by atoms with Crippen LogP contribution in [-0.4, -0.2) is 27.7 Å². The van der Waals surface area contributed by atoms with E-state index in [4.69, 9.17) is 4.74 Å². The van der Waals surface area contributed by atoms with Gasteiger partial charge in [-0.2, -0.15) is 30.8 Å². The Morgan fingerprint density at radius 3 is 2.59 bits per heavy atom. The van der Waals surface area contributed by atoms with Crippen LogP contribution in [0.15, 0.2) is 0 Å². The predicted molar refractivity (Wildman–Crippen MR) is 78.8 cm³/mol. The number of amides is 1. The first-order valence-electron chi connectivity index (χ1n) is 6.89. The lowest BCUT2D eigenvalue weighted by molar-refractivity contribution is -0.142. The third kappa shape index (κ3) is 5.43.